The second-order valence-electron chi connectivity index (χ2n) is 8.36. The summed E-state index contributed by atoms with van der Waals surface area (Å²) in [5, 5.41) is 0.699. The lowest BCUT2D eigenvalue weighted by molar-refractivity contribution is -0.140. The highest BCUT2D eigenvalue weighted by atomic mass is 16.5. The normalized spacial score (nSPS) is 25.2. The fourth-order valence-corrected chi connectivity index (χ4v) is 5.11. The summed E-state index contributed by atoms with van der Waals surface area (Å²) in [5.41, 5.74) is 1.59. The van der Waals surface area contributed by atoms with Crippen LogP contribution in [-0.4, -0.2) is 59.7 Å². The Labute approximate surface area is 173 Å². The van der Waals surface area contributed by atoms with Gasteiger partial charge in [-0.05, 0) is 44.0 Å². The van der Waals surface area contributed by atoms with Crippen molar-refractivity contribution in [3.05, 3.63) is 39.2 Å². The van der Waals surface area contributed by atoms with Crippen LogP contribution in [0.2, 0.25) is 0 Å². The average molecular weight is 412 g/mol. The summed E-state index contributed by atoms with van der Waals surface area (Å²) in [6.45, 7) is 6.92. The van der Waals surface area contributed by atoms with E-state index in [4.69, 9.17) is 13.9 Å². The van der Waals surface area contributed by atoms with Crippen molar-refractivity contribution in [2.24, 2.45) is 0 Å². The summed E-state index contributed by atoms with van der Waals surface area (Å²) < 4.78 is 17.3. The van der Waals surface area contributed by atoms with E-state index >= 15 is 0 Å². The van der Waals surface area contributed by atoms with Gasteiger partial charge < -0.3 is 23.7 Å². The molecule has 3 saturated heterocycles. The molecule has 0 N–H and O–H groups in total. The first-order valence-electron chi connectivity index (χ1n) is 10.2. The number of fused-ring (bicyclic) bond motifs is 1. The van der Waals surface area contributed by atoms with Crippen LogP contribution in [0.3, 0.4) is 0 Å². The lowest BCUT2D eigenvalue weighted by atomic mass is 10.0. The number of hydrogen-bond acceptors (Lipinski definition) is 6. The summed E-state index contributed by atoms with van der Waals surface area (Å²) in [7, 11) is 0. The smallest absolute Gasteiger partial charge is 0.339 e. The first kappa shape index (κ1) is 19.1. The third-order valence-corrected chi connectivity index (χ3v) is 6.73. The van der Waals surface area contributed by atoms with Crippen molar-refractivity contribution in [3.63, 3.8) is 0 Å². The highest BCUT2D eigenvalue weighted by Crippen LogP contribution is 2.45. The van der Waals surface area contributed by atoms with E-state index in [0.717, 1.165) is 11.1 Å². The van der Waals surface area contributed by atoms with Crippen LogP contribution < -0.4 is 10.4 Å². The predicted octanol–water partition coefficient (Wildman–Crippen LogP) is 1.66. The maximum atomic E-state index is 13.0. The van der Waals surface area contributed by atoms with Gasteiger partial charge in [0.05, 0.1) is 24.5 Å². The quantitative estimate of drug-likeness (QED) is 0.713. The number of likely N-dealkylation sites (tertiary alicyclic amines) is 1. The largest absolute Gasteiger partial charge is 0.483 e. The molecule has 0 saturated carbocycles. The molecule has 5 rings (SSSR count). The van der Waals surface area contributed by atoms with Crippen LogP contribution in [-0.2, 0) is 14.3 Å². The molecule has 4 heterocycles. The van der Waals surface area contributed by atoms with Crippen molar-refractivity contribution >= 4 is 22.8 Å². The van der Waals surface area contributed by atoms with Crippen molar-refractivity contribution in [1.29, 1.82) is 0 Å². The second kappa shape index (κ2) is 6.57. The van der Waals surface area contributed by atoms with Crippen LogP contribution in [0, 0.1) is 20.8 Å². The van der Waals surface area contributed by atoms with Gasteiger partial charge in [0, 0.05) is 25.1 Å². The number of carbonyl (C=O) groups excluding carboxylic acids is 2. The molecule has 0 aliphatic carbocycles. The van der Waals surface area contributed by atoms with E-state index < -0.39 is 5.72 Å². The summed E-state index contributed by atoms with van der Waals surface area (Å²) in [5.74, 6) is 0.378. The van der Waals surface area contributed by atoms with Gasteiger partial charge in [0.2, 0.25) is 5.91 Å². The van der Waals surface area contributed by atoms with E-state index in [9.17, 15) is 14.4 Å². The van der Waals surface area contributed by atoms with Crippen LogP contribution in [0.25, 0.3) is 11.0 Å². The van der Waals surface area contributed by atoms with E-state index in [1.165, 1.54) is 0 Å². The van der Waals surface area contributed by atoms with Gasteiger partial charge in [0.25, 0.3) is 5.91 Å². The van der Waals surface area contributed by atoms with Crippen molar-refractivity contribution in [1.82, 2.24) is 9.80 Å². The maximum absolute atomic E-state index is 13.0. The average Bonchev–Trinajstić information content (AvgIpc) is 3.34. The van der Waals surface area contributed by atoms with E-state index in [0.29, 0.717) is 54.8 Å². The number of carbonyl (C=O) groups is 2. The van der Waals surface area contributed by atoms with Crippen molar-refractivity contribution in [3.8, 4) is 5.75 Å². The van der Waals surface area contributed by atoms with E-state index in [1.807, 2.05) is 19.9 Å². The zero-order valence-corrected chi connectivity index (χ0v) is 17.3. The summed E-state index contributed by atoms with van der Waals surface area (Å²) in [4.78, 5) is 40.9. The standard InChI is InChI=1S/C22H24N2O6/c1-12-8-15(20-13(2)14(3)21(27)30-16(20)9-12)28-11-19(26)23-5-4-22-17(23)10-18(25)24(22)6-7-29-22/h8-9,17H,4-7,10-11H2,1-3H3/t17-,22+/m1/s1. The molecule has 0 radical (unpaired) electrons. The van der Waals surface area contributed by atoms with Crippen LogP contribution in [0.15, 0.2) is 21.3 Å². The van der Waals surface area contributed by atoms with E-state index in [2.05, 4.69) is 0 Å². The maximum Gasteiger partial charge on any atom is 0.339 e. The molecular weight excluding hydrogens is 388 g/mol. The molecule has 2 aromatic rings. The van der Waals surface area contributed by atoms with Crippen LogP contribution in [0.5, 0.6) is 5.75 Å². The molecule has 1 aromatic heterocycles. The summed E-state index contributed by atoms with van der Waals surface area (Å²) >= 11 is 0. The number of amides is 2. The first-order chi connectivity index (χ1) is 14.3. The molecule has 2 atom stereocenters. The topological polar surface area (TPSA) is 89.3 Å². The Balaban J connectivity index is 1.40. The van der Waals surface area contributed by atoms with Gasteiger partial charge in [-0.1, -0.05) is 0 Å². The fourth-order valence-electron chi connectivity index (χ4n) is 5.11. The molecule has 0 unspecified atom stereocenters. The minimum absolute atomic E-state index is 0.0433. The van der Waals surface area contributed by atoms with E-state index in [-0.39, 0.29) is 30.1 Å². The molecule has 3 aliphatic rings. The molecule has 3 aliphatic heterocycles. The fraction of sp³-hybridized carbons (Fsp3) is 0.500. The Hall–Kier alpha value is -2.87. The zero-order valence-electron chi connectivity index (χ0n) is 17.3. The Morgan fingerprint density at radius 3 is 2.80 bits per heavy atom. The van der Waals surface area contributed by atoms with Gasteiger partial charge in [-0.2, -0.15) is 0 Å². The molecule has 30 heavy (non-hydrogen) atoms. The third-order valence-electron chi connectivity index (χ3n) is 6.73. The van der Waals surface area contributed by atoms with Gasteiger partial charge in [0.1, 0.15) is 11.3 Å². The SMILES string of the molecule is Cc1cc(OCC(=O)N2CC[C@@]34OCCN3C(=O)C[C@@H]24)c2c(C)c(C)c(=O)oc2c1. The second-order valence-corrected chi connectivity index (χ2v) is 8.36. The van der Waals surface area contributed by atoms with Crippen molar-refractivity contribution in [2.75, 3.05) is 26.3 Å². The molecule has 158 valence electrons. The number of hydrogen-bond donors (Lipinski definition) is 0. The number of rotatable bonds is 3. The number of nitrogens with zero attached hydrogens (tertiary/aromatic N) is 2. The minimum atomic E-state index is -0.653. The molecule has 0 bridgehead atoms. The predicted molar refractivity (Wildman–Crippen MR) is 107 cm³/mol. The van der Waals surface area contributed by atoms with Gasteiger partial charge in [-0.25, -0.2) is 4.79 Å². The molecule has 3 fully saturated rings. The lowest BCUT2D eigenvalue weighted by Gasteiger charge is -2.31. The van der Waals surface area contributed by atoms with Crippen LogP contribution in [0.4, 0.5) is 0 Å². The highest BCUT2D eigenvalue weighted by Gasteiger charge is 2.62. The summed E-state index contributed by atoms with van der Waals surface area (Å²) in [6.07, 6.45) is 0.925. The van der Waals surface area contributed by atoms with E-state index in [1.54, 1.807) is 22.8 Å². The Bertz CT molecular complexity index is 1140. The Kier molecular flexibility index (Phi) is 4.18. The van der Waals surface area contributed by atoms with Crippen LogP contribution >= 0.6 is 0 Å². The highest BCUT2D eigenvalue weighted by molar-refractivity contribution is 5.89. The summed E-state index contributed by atoms with van der Waals surface area (Å²) in [6, 6.07) is 3.37. The van der Waals surface area contributed by atoms with Gasteiger partial charge in [-0.15, -0.1) is 0 Å². The Morgan fingerprint density at radius 2 is 2.00 bits per heavy atom. The van der Waals surface area contributed by atoms with Gasteiger partial charge >= 0.3 is 5.63 Å². The number of aryl methyl sites for hydroxylation is 2. The Morgan fingerprint density at radius 1 is 1.20 bits per heavy atom. The first-order valence-corrected chi connectivity index (χ1v) is 10.2. The molecule has 8 heteroatoms. The zero-order chi connectivity index (χ0) is 21.2. The third kappa shape index (κ3) is 2.59. The number of benzene rings is 1. The monoisotopic (exact) mass is 412 g/mol. The van der Waals surface area contributed by atoms with Crippen molar-refractivity contribution < 1.29 is 23.5 Å². The molecule has 2 amide bonds. The van der Waals surface area contributed by atoms with Gasteiger partial charge in [0.15, 0.2) is 12.3 Å². The minimum Gasteiger partial charge on any atom is -0.483 e. The molecule has 1 aromatic carbocycles. The number of ether oxygens (including phenoxy) is 2. The van der Waals surface area contributed by atoms with Crippen molar-refractivity contribution in [2.45, 2.75) is 45.4 Å². The molecule has 1 spiro atoms. The van der Waals surface area contributed by atoms with Crippen LogP contribution in [0.1, 0.15) is 29.5 Å². The van der Waals surface area contributed by atoms with Gasteiger partial charge in [-0.3, -0.25) is 9.59 Å². The molecule has 8 nitrogen and oxygen atoms in total. The lowest BCUT2D eigenvalue weighted by Crippen LogP contribution is -2.49. The molecular formula is C22H24N2O6.